The van der Waals surface area contributed by atoms with E-state index in [2.05, 4.69) is 15.6 Å². The first kappa shape index (κ1) is 24.2. The molecule has 12 heteroatoms. The molecule has 4 rings (SSSR count). The number of rotatable bonds is 5. The lowest BCUT2D eigenvalue weighted by Gasteiger charge is -2.24. The van der Waals surface area contributed by atoms with Crippen molar-refractivity contribution in [2.45, 2.75) is 18.6 Å². The lowest BCUT2D eigenvalue weighted by Crippen LogP contribution is -2.45. The second kappa shape index (κ2) is 10.1. The standard InChI is InChI=1S/C23H21ClFN5O5/c1-35-15-10-18(30(12-15)23(34)28-20-7-4-13(24)11-26-20)21(32)27-17-6-5-14(9-16(17)25)29-8-2-3-19(31)22(29)33/h2-9,11,15,18,31H,10,12H2,1H3,(H,27,32)(H,26,28,34)/t15-,18-/m1/s1. The van der Waals surface area contributed by atoms with Gasteiger partial charge in [0, 0.05) is 38.5 Å². The number of carbonyl (C=O) groups is 2. The van der Waals surface area contributed by atoms with Crippen molar-refractivity contribution < 1.29 is 23.8 Å². The Morgan fingerprint density at radius 2 is 2.03 bits per heavy atom. The minimum Gasteiger partial charge on any atom is -0.503 e. The number of carbonyl (C=O) groups excluding carboxylic acids is 2. The van der Waals surface area contributed by atoms with E-state index in [4.69, 9.17) is 16.3 Å². The minimum absolute atomic E-state index is 0.132. The van der Waals surface area contributed by atoms with E-state index < -0.39 is 35.1 Å². The Morgan fingerprint density at radius 1 is 1.23 bits per heavy atom. The number of benzene rings is 1. The number of likely N-dealkylation sites (tertiary alicyclic amines) is 1. The van der Waals surface area contributed by atoms with E-state index in [-0.39, 0.29) is 36.3 Å². The van der Waals surface area contributed by atoms with Crippen LogP contribution in [0.15, 0.2) is 59.7 Å². The van der Waals surface area contributed by atoms with Gasteiger partial charge in [-0.15, -0.1) is 0 Å². The topological polar surface area (TPSA) is 126 Å². The number of amides is 3. The highest BCUT2D eigenvalue weighted by molar-refractivity contribution is 6.30. The third-order valence-corrected chi connectivity index (χ3v) is 5.76. The number of nitrogens with one attached hydrogen (secondary N) is 2. The number of urea groups is 1. The molecule has 3 N–H and O–H groups in total. The van der Waals surface area contributed by atoms with Crippen molar-refractivity contribution in [1.82, 2.24) is 14.5 Å². The van der Waals surface area contributed by atoms with Crippen molar-refractivity contribution in [3.8, 4) is 11.4 Å². The molecule has 3 amide bonds. The van der Waals surface area contributed by atoms with Crippen LogP contribution < -0.4 is 16.2 Å². The van der Waals surface area contributed by atoms with Gasteiger partial charge in [-0.05, 0) is 36.4 Å². The summed E-state index contributed by atoms with van der Waals surface area (Å²) < 4.78 is 21.2. The number of aromatic nitrogens is 2. The Bertz CT molecular complexity index is 1320. The van der Waals surface area contributed by atoms with Gasteiger partial charge in [0.05, 0.1) is 22.5 Å². The Labute approximate surface area is 203 Å². The first-order valence-corrected chi connectivity index (χ1v) is 10.9. The number of ether oxygens (including phenoxy) is 1. The van der Waals surface area contributed by atoms with Gasteiger partial charge in [0.1, 0.15) is 17.7 Å². The van der Waals surface area contributed by atoms with E-state index in [0.717, 1.165) is 10.6 Å². The van der Waals surface area contributed by atoms with Gasteiger partial charge in [-0.25, -0.2) is 14.2 Å². The van der Waals surface area contributed by atoms with Gasteiger partial charge in [-0.1, -0.05) is 11.6 Å². The Kier molecular flexibility index (Phi) is 6.99. The molecule has 0 unspecified atom stereocenters. The first-order chi connectivity index (χ1) is 16.8. The SMILES string of the molecule is CO[C@@H]1C[C@H](C(=O)Nc2ccc(-n3cccc(O)c3=O)cc2F)N(C(=O)Nc2ccc(Cl)cn2)C1. The van der Waals surface area contributed by atoms with E-state index in [0.29, 0.717) is 5.02 Å². The van der Waals surface area contributed by atoms with Gasteiger partial charge in [0.15, 0.2) is 5.75 Å². The van der Waals surface area contributed by atoms with Crippen molar-refractivity contribution in [3.05, 3.63) is 76.1 Å². The molecule has 0 bridgehead atoms. The molecule has 1 saturated heterocycles. The van der Waals surface area contributed by atoms with Gasteiger partial charge in [0.2, 0.25) is 5.91 Å². The van der Waals surface area contributed by atoms with Crippen LogP contribution in [0.1, 0.15) is 6.42 Å². The summed E-state index contributed by atoms with van der Waals surface area (Å²) in [6, 6.07) is 8.02. The van der Waals surface area contributed by atoms with E-state index >= 15 is 0 Å². The van der Waals surface area contributed by atoms with E-state index in [1.807, 2.05) is 0 Å². The highest BCUT2D eigenvalue weighted by Crippen LogP contribution is 2.24. The molecule has 1 aromatic carbocycles. The average molecular weight is 502 g/mol. The molecule has 3 heterocycles. The zero-order valence-corrected chi connectivity index (χ0v) is 19.2. The van der Waals surface area contributed by atoms with Gasteiger partial charge >= 0.3 is 6.03 Å². The molecule has 0 aliphatic carbocycles. The third kappa shape index (κ3) is 5.26. The molecule has 182 valence electrons. The van der Waals surface area contributed by atoms with E-state index in [9.17, 15) is 23.9 Å². The summed E-state index contributed by atoms with van der Waals surface area (Å²) in [5.41, 5.74) is -0.678. The van der Waals surface area contributed by atoms with Gasteiger partial charge in [-0.3, -0.25) is 19.5 Å². The molecule has 35 heavy (non-hydrogen) atoms. The molecule has 0 radical (unpaired) electrons. The van der Waals surface area contributed by atoms with E-state index in [1.54, 1.807) is 6.07 Å². The summed E-state index contributed by atoms with van der Waals surface area (Å²) in [5, 5.41) is 15.1. The van der Waals surface area contributed by atoms with Gasteiger partial charge < -0.3 is 20.1 Å². The zero-order chi connectivity index (χ0) is 25.1. The second-order valence-electron chi connectivity index (χ2n) is 7.78. The normalized spacial score (nSPS) is 17.3. The van der Waals surface area contributed by atoms with Crippen LogP contribution in [0.2, 0.25) is 5.02 Å². The molecule has 2 aromatic heterocycles. The number of aromatic hydroxyl groups is 1. The predicted octanol–water partition coefficient (Wildman–Crippen LogP) is 2.99. The smallest absolute Gasteiger partial charge is 0.323 e. The lowest BCUT2D eigenvalue weighted by atomic mass is 10.1. The van der Waals surface area contributed by atoms with Crippen LogP contribution in [0.25, 0.3) is 5.69 Å². The molecule has 3 aromatic rings. The lowest BCUT2D eigenvalue weighted by molar-refractivity contribution is -0.119. The Balaban J connectivity index is 1.51. The molecular weight excluding hydrogens is 481 g/mol. The summed E-state index contributed by atoms with van der Waals surface area (Å²) in [4.78, 5) is 43.2. The summed E-state index contributed by atoms with van der Waals surface area (Å²) in [6.45, 7) is 0.149. The largest absolute Gasteiger partial charge is 0.503 e. The average Bonchev–Trinajstić information content (AvgIpc) is 3.29. The quantitative estimate of drug-likeness (QED) is 0.493. The van der Waals surface area contributed by atoms with Crippen LogP contribution in [0.5, 0.6) is 5.75 Å². The molecule has 10 nitrogen and oxygen atoms in total. The maximum Gasteiger partial charge on any atom is 0.323 e. The number of methoxy groups -OCH3 is 1. The summed E-state index contributed by atoms with van der Waals surface area (Å²) in [7, 11) is 1.48. The van der Waals surface area contributed by atoms with Crippen molar-refractivity contribution >= 4 is 35.0 Å². The minimum atomic E-state index is -0.931. The highest BCUT2D eigenvalue weighted by atomic mass is 35.5. The summed E-state index contributed by atoms with van der Waals surface area (Å²) >= 11 is 5.81. The van der Waals surface area contributed by atoms with E-state index in [1.165, 1.54) is 54.7 Å². The fourth-order valence-electron chi connectivity index (χ4n) is 3.73. The fourth-order valence-corrected chi connectivity index (χ4v) is 3.84. The number of pyridine rings is 2. The van der Waals surface area contributed by atoms with Crippen molar-refractivity contribution in [1.29, 1.82) is 0 Å². The second-order valence-corrected chi connectivity index (χ2v) is 8.21. The molecule has 1 aliphatic rings. The first-order valence-electron chi connectivity index (χ1n) is 10.5. The summed E-state index contributed by atoms with van der Waals surface area (Å²) in [6.07, 6.45) is 2.58. The molecule has 2 atom stereocenters. The molecule has 0 saturated carbocycles. The van der Waals surface area contributed by atoms with Crippen LogP contribution in [0.3, 0.4) is 0 Å². The third-order valence-electron chi connectivity index (χ3n) is 5.54. The summed E-state index contributed by atoms with van der Waals surface area (Å²) in [5.74, 6) is -1.63. The number of halogens is 2. The van der Waals surface area contributed by atoms with Crippen LogP contribution in [-0.2, 0) is 9.53 Å². The fraction of sp³-hybridized carbons (Fsp3) is 0.217. The van der Waals surface area contributed by atoms with Crippen molar-refractivity contribution in [2.75, 3.05) is 24.3 Å². The monoisotopic (exact) mass is 501 g/mol. The molecule has 0 spiro atoms. The highest BCUT2D eigenvalue weighted by Gasteiger charge is 2.40. The maximum atomic E-state index is 14.8. The molecular formula is C23H21ClFN5O5. The van der Waals surface area contributed by atoms with Crippen LogP contribution in [-0.4, -0.2) is 57.3 Å². The van der Waals surface area contributed by atoms with Crippen LogP contribution in [0, 0.1) is 5.82 Å². The van der Waals surface area contributed by atoms with Crippen LogP contribution in [0.4, 0.5) is 20.7 Å². The maximum absolute atomic E-state index is 14.8. The Hall–Kier alpha value is -3.96. The number of anilines is 2. The Morgan fingerprint density at radius 3 is 2.71 bits per heavy atom. The number of nitrogens with zero attached hydrogens (tertiary/aromatic N) is 3. The van der Waals surface area contributed by atoms with Crippen molar-refractivity contribution in [2.24, 2.45) is 0 Å². The molecule has 1 fully saturated rings. The molecule has 1 aliphatic heterocycles. The predicted molar refractivity (Wildman–Crippen MR) is 126 cm³/mol. The number of hydrogen-bond donors (Lipinski definition) is 3. The van der Waals surface area contributed by atoms with Gasteiger partial charge in [0.25, 0.3) is 5.56 Å². The number of hydrogen-bond acceptors (Lipinski definition) is 6. The van der Waals surface area contributed by atoms with Crippen molar-refractivity contribution in [3.63, 3.8) is 0 Å². The van der Waals surface area contributed by atoms with Crippen LogP contribution >= 0.6 is 11.6 Å². The van der Waals surface area contributed by atoms with Gasteiger partial charge in [-0.2, -0.15) is 0 Å². The zero-order valence-electron chi connectivity index (χ0n) is 18.4.